The monoisotopic (exact) mass is 502 g/mol. The number of pyridine rings is 1. The lowest BCUT2D eigenvalue weighted by molar-refractivity contribution is -0.659. The lowest BCUT2D eigenvalue weighted by atomic mass is 9.83. The average molecular weight is 503 g/mol. The van der Waals surface area contributed by atoms with Crippen LogP contribution in [0, 0.1) is 12.3 Å². The van der Waals surface area contributed by atoms with Crippen molar-refractivity contribution in [2.75, 3.05) is 0 Å². The largest absolute Gasteiger partial charge is 0.222 e. The molecule has 5 aromatic rings. The highest BCUT2D eigenvalue weighted by atomic mass is 32.2. The van der Waals surface area contributed by atoms with Gasteiger partial charge in [-0.3, -0.25) is 0 Å². The predicted molar refractivity (Wildman–Crippen MR) is 159 cm³/mol. The van der Waals surface area contributed by atoms with Gasteiger partial charge in [0, 0.05) is 15.9 Å². The number of aryl methyl sites for hydroxylation is 2. The highest BCUT2D eigenvalue weighted by molar-refractivity contribution is 8.00. The Balaban J connectivity index is 1.58. The molecule has 186 valence electrons. The minimum absolute atomic E-state index is 0.204. The van der Waals surface area contributed by atoms with Crippen LogP contribution in [0.1, 0.15) is 69.1 Å². The minimum atomic E-state index is 0.204. The Kier molecular flexibility index (Phi) is 5.24. The van der Waals surface area contributed by atoms with E-state index in [4.69, 9.17) is 0 Å². The summed E-state index contributed by atoms with van der Waals surface area (Å²) in [6, 6.07) is 21.2. The number of rotatable bonds is 2. The van der Waals surface area contributed by atoms with E-state index in [1.807, 2.05) is 11.8 Å². The molecule has 4 aromatic carbocycles. The van der Waals surface area contributed by atoms with E-state index >= 15 is 0 Å². The molecular formula is C35H36NS+. The van der Waals surface area contributed by atoms with E-state index < -0.39 is 0 Å². The van der Waals surface area contributed by atoms with Gasteiger partial charge in [-0.25, -0.2) is 4.57 Å². The molecular weight excluding hydrogens is 466 g/mol. The number of aromatic nitrogens is 1. The molecule has 1 fully saturated rings. The third-order valence-corrected chi connectivity index (χ3v) is 10.0. The standard InChI is InChI=1S/C35H36NS/c1-21-26-12-8-9-13-28(26)29(20-35(2,3)4)34-30(21)32-31-24(16-17-36(32)5)19-25-18-23(22-10-6-7-11-22)14-15-27(25)33(31)37-34/h8-9,12-19,22H,6-7,10-11,20H2,1-5H3/q+1. The smallest absolute Gasteiger partial charge is 0.200 e. The molecule has 2 heteroatoms. The van der Waals surface area contributed by atoms with Crippen LogP contribution >= 0.6 is 11.8 Å². The van der Waals surface area contributed by atoms with Gasteiger partial charge in [0.1, 0.15) is 7.05 Å². The summed E-state index contributed by atoms with van der Waals surface area (Å²) in [5, 5.41) is 8.40. The molecule has 37 heavy (non-hydrogen) atoms. The van der Waals surface area contributed by atoms with Crippen molar-refractivity contribution in [2.24, 2.45) is 12.5 Å². The van der Waals surface area contributed by atoms with E-state index in [2.05, 4.69) is 100 Å². The fraction of sp³-hybridized carbons (Fsp3) is 0.343. The SMILES string of the molecule is Cc1c2c(c(CC(C)(C)C)c3ccccc13)Sc1c3ccc(C4CCCC4)cc3cc3cc[n+](C)c-2c13. The van der Waals surface area contributed by atoms with Gasteiger partial charge in [0.2, 0.25) is 5.69 Å². The topological polar surface area (TPSA) is 3.88 Å². The van der Waals surface area contributed by atoms with Crippen LogP contribution in [0.4, 0.5) is 0 Å². The predicted octanol–water partition coefficient (Wildman–Crippen LogP) is 9.66. The fourth-order valence-corrected chi connectivity index (χ4v) is 8.48. The third-order valence-electron chi connectivity index (χ3n) is 8.72. The zero-order chi connectivity index (χ0) is 25.5. The second-order valence-corrected chi connectivity index (χ2v) is 13.6. The Labute approximate surface area is 224 Å². The Morgan fingerprint density at radius 3 is 2.38 bits per heavy atom. The second-order valence-electron chi connectivity index (χ2n) is 12.6. The molecule has 1 saturated carbocycles. The summed E-state index contributed by atoms with van der Waals surface area (Å²) < 4.78 is 2.37. The van der Waals surface area contributed by atoms with Crippen molar-refractivity contribution >= 4 is 44.1 Å². The molecule has 1 aliphatic carbocycles. The summed E-state index contributed by atoms with van der Waals surface area (Å²) in [5.74, 6) is 0.737. The molecule has 1 aromatic heterocycles. The normalized spacial score (nSPS) is 15.7. The minimum Gasteiger partial charge on any atom is -0.200 e. The molecule has 1 aliphatic heterocycles. The first-order valence-corrected chi connectivity index (χ1v) is 14.7. The average Bonchev–Trinajstić information content (AvgIpc) is 3.42. The highest BCUT2D eigenvalue weighted by Crippen LogP contribution is 2.54. The fourth-order valence-electron chi connectivity index (χ4n) is 7.01. The lowest BCUT2D eigenvalue weighted by Gasteiger charge is -2.28. The van der Waals surface area contributed by atoms with Crippen LogP contribution in [0.5, 0.6) is 0 Å². The molecule has 0 saturated heterocycles. The number of benzene rings is 4. The van der Waals surface area contributed by atoms with Gasteiger partial charge in [-0.15, -0.1) is 0 Å². The Bertz CT molecular complexity index is 1730. The Morgan fingerprint density at radius 1 is 0.865 bits per heavy atom. The number of fused-ring (bicyclic) bond motifs is 5. The van der Waals surface area contributed by atoms with Gasteiger partial charge in [0.05, 0.1) is 10.9 Å². The summed E-state index contributed by atoms with van der Waals surface area (Å²) >= 11 is 2.03. The van der Waals surface area contributed by atoms with E-state index in [1.54, 1.807) is 0 Å². The van der Waals surface area contributed by atoms with Crippen molar-refractivity contribution in [1.82, 2.24) is 0 Å². The van der Waals surface area contributed by atoms with E-state index in [0.29, 0.717) is 0 Å². The quantitative estimate of drug-likeness (QED) is 0.168. The first-order valence-electron chi connectivity index (χ1n) is 13.9. The van der Waals surface area contributed by atoms with Crippen LogP contribution in [0.2, 0.25) is 0 Å². The van der Waals surface area contributed by atoms with Gasteiger partial charge < -0.3 is 0 Å². The molecule has 0 radical (unpaired) electrons. The van der Waals surface area contributed by atoms with E-state index in [1.165, 1.54) is 95.7 Å². The maximum Gasteiger partial charge on any atom is 0.222 e. The van der Waals surface area contributed by atoms with Crippen molar-refractivity contribution in [3.63, 3.8) is 0 Å². The molecule has 2 aliphatic rings. The second kappa shape index (κ2) is 8.33. The highest BCUT2D eigenvalue weighted by Gasteiger charge is 2.33. The number of hydrogen-bond acceptors (Lipinski definition) is 1. The van der Waals surface area contributed by atoms with Crippen molar-refractivity contribution in [2.45, 2.75) is 75.5 Å². The van der Waals surface area contributed by atoms with Crippen LogP contribution < -0.4 is 4.57 Å². The van der Waals surface area contributed by atoms with Gasteiger partial charge in [-0.05, 0) is 87.2 Å². The summed E-state index contributed by atoms with van der Waals surface area (Å²) in [5.41, 5.74) is 7.47. The lowest BCUT2D eigenvalue weighted by Crippen LogP contribution is -2.32. The van der Waals surface area contributed by atoms with Crippen molar-refractivity contribution < 1.29 is 4.57 Å². The van der Waals surface area contributed by atoms with Crippen LogP contribution in [-0.4, -0.2) is 0 Å². The molecule has 0 atom stereocenters. The van der Waals surface area contributed by atoms with E-state index in [0.717, 1.165) is 12.3 Å². The molecule has 0 amide bonds. The molecule has 0 unspecified atom stereocenters. The summed E-state index contributed by atoms with van der Waals surface area (Å²) in [6.07, 6.45) is 8.78. The molecule has 0 spiro atoms. The van der Waals surface area contributed by atoms with Crippen molar-refractivity contribution in [3.05, 3.63) is 77.5 Å². The summed E-state index contributed by atoms with van der Waals surface area (Å²) in [4.78, 5) is 2.91. The maximum atomic E-state index is 2.51. The molecule has 2 heterocycles. The first-order chi connectivity index (χ1) is 17.8. The van der Waals surface area contributed by atoms with E-state index in [-0.39, 0.29) is 5.41 Å². The van der Waals surface area contributed by atoms with Gasteiger partial charge in [0.15, 0.2) is 6.20 Å². The molecule has 0 bridgehead atoms. The first kappa shape index (κ1) is 23.3. The van der Waals surface area contributed by atoms with Gasteiger partial charge in [-0.1, -0.05) is 87.8 Å². The third kappa shape index (κ3) is 3.63. The molecule has 1 nitrogen and oxygen atoms in total. The van der Waals surface area contributed by atoms with Crippen molar-refractivity contribution in [1.29, 1.82) is 0 Å². The summed E-state index contributed by atoms with van der Waals surface area (Å²) in [6.45, 7) is 9.45. The van der Waals surface area contributed by atoms with Crippen LogP contribution in [-0.2, 0) is 13.5 Å². The zero-order valence-electron chi connectivity index (χ0n) is 22.7. The van der Waals surface area contributed by atoms with Gasteiger partial charge >= 0.3 is 0 Å². The Morgan fingerprint density at radius 2 is 1.62 bits per heavy atom. The maximum absolute atomic E-state index is 2.51. The summed E-state index contributed by atoms with van der Waals surface area (Å²) in [7, 11) is 2.23. The van der Waals surface area contributed by atoms with E-state index in [9.17, 15) is 0 Å². The Hall–Kier alpha value is -2.84. The van der Waals surface area contributed by atoms with Crippen molar-refractivity contribution in [3.8, 4) is 11.3 Å². The number of nitrogens with zero attached hydrogens (tertiary/aromatic N) is 1. The van der Waals surface area contributed by atoms with Gasteiger partial charge in [0.25, 0.3) is 0 Å². The van der Waals surface area contributed by atoms with Crippen LogP contribution in [0.3, 0.4) is 0 Å². The van der Waals surface area contributed by atoms with Gasteiger partial charge in [-0.2, -0.15) is 0 Å². The zero-order valence-corrected chi connectivity index (χ0v) is 23.6. The van der Waals surface area contributed by atoms with Crippen LogP contribution in [0.25, 0.3) is 43.6 Å². The molecule has 0 N–H and O–H groups in total. The number of hydrogen-bond donors (Lipinski definition) is 0. The van der Waals surface area contributed by atoms with Crippen LogP contribution in [0.15, 0.2) is 70.6 Å². The molecule has 7 rings (SSSR count).